The molecule has 2 N–H and O–H groups in total. The van der Waals surface area contributed by atoms with E-state index >= 15 is 0 Å². The lowest BCUT2D eigenvalue weighted by atomic mass is 10.4. The van der Waals surface area contributed by atoms with Crippen LogP contribution in [0.2, 0.25) is 0 Å². The Balaban J connectivity index is 3.77. The summed E-state index contributed by atoms with van der Waals surface area (Å²) in [6, 6.07) is 0. The minimum absolute atomic E-state index is 0.0397. The van der Waals surface area contributed by atoms with Crippen molar-refractivity contribution in [2.45, 2.75) is 12.3 Å². The maximum absolute atomic E-state index is 12.3. The zero-order chi connectivity index (χ0) is 12.6. The van der Waals surface area contributed by atoms with Crippen molar-refractivity contribution in [3.05, 3.63) is 0 Å². The molecule has 0 heterocycles. The van der Waals surface area contributed by atoms with Crippen molar-refractivity contribution < 1.29 is 27.0 Å². The molecule has 0 spiro atoms. The van der Waals surface area contributed by atoms with Gasteiger partial charge in [-0.1, -0.05) is 0 Å². The van der Waals surface area contributed by atoms with E-state index in [1.54, 1.807) is 0 Å². The van der Waals surface area contributed by atoms with E-state index in [0.29, 0.717) is 6.61 Å². The van der Waals surface area contributed by atoms with E-state index in [1.807, 2.05) is 0 Å². The Morgan fingerprint density at radius 2 is 2.06 bits per heavy atom. The lowest BCUT2D eigenvalue weighted by Gasteiger charge is -2.14. The van der Waals surface area contributed by atoms with Crippen molar-refractivity contribution in [1.82, 2.24) is 0 Å². The molecule has 0 fully saturated rings. The van der Waals surface area contributed by atoms with E-state index in [-0.39, 0.29) is 12.4 Å². The third kappa shape index (κ3) is 6.57. The van der Waals surface area contributed by atoms with Crippen molar-refractivity contribution in [2.24, 2.45) is 10.7 Å². The lowest BCUT2D eigenvalue weighted by Crippen LogP contribution is -2.34. The number of halogens is 4. The Morgan fingerprint density at radius 1 is 1.44 bits per heavy atom. The summed E-state index contributed by atoms with van der Waals surface area (Å²) >= 11 is 0. The van der Waals surface area contributed by atoms with E-state index in [2.05, 4.69) is 14.5 Å². The minimum Gasteiger partial charge on any atom is -0.386 e. The Bertz CT molecular complexity index is 224. The van der Waals surface area contributed by atoms with Gasteiger partial charge in [0.15, 0.2) is 0 Å². The molecule has 8 heteroatoms. The predicted molar refractivity (Wildman–Crippen MR) is 50.1 cm³/mol. The minimum atomic E-state index is -4.16. The molecule has 0 radical (unpaired) electrons. The molecule has 0 rings (SSSR count). The topological polar surface area (TPSA) is 56.8 Å². The monoisotopic (exact) mass is 246 g/mol. The molecule has 0 atom stereocenters. The highest BCUT2D eigenvalue weighted by Crippen LogP contribution is 2.22. The molecular weight excluding hydrogens is 232 g/mol. The molecule has 4 nitrogen and oxygen atoms in total. The highest BCUT2D eigenvalue weighted by atomic mass is 19.3. The fourth-order valence-electron chi connectivity index (χ4n) is 0.681. The molecule has 0 amide bonds. The summed E-state index contributed by atoms with van der Waals surface area (Å²) in [5.74, 6) is -4.20. The van der Waals surface area contributed by atoms with Gasteiger partial charge in [-0.2, -0.15) is 8.78 Å². The summed E-state index contributed by atoms with van der Waals surface area (Å²) in [5, 5.41) is 0. The zero-order valence-electron chi connectivity index (χ0n) is 8.76. The first kappa shape index (κ1) is 15.1. The van der Waals surface area contributed by atoms with Crippen LogP contribution in [0.5, 0.6) is 0 Å². The van der Waals surface area contributed by atoms with Crippen molar-refractivity contribution in [3.8, 4) is 0 Å². The first-order valence-electron chi connectivity index (χ1n) is 4.41. The molecule has 0 aromatic rings. The van der Waals surface area contributed by atoms with Crippen LogP contribution in [0, 0.1) is 0 Å². The molecule has 0 aromatic heterocycles. The van der Waals surface area contributed by atoms with Gasteiger partial charge >= 0.3 is 12.3 Å². The van der Waals surface area contributed by atoms with Crippen LogP contribution in [0.4, 0.5) is 17.6 Å². The van der Waals surface area contributed by atoms with Crippen LogP contribution in [0.3, 0.4) is 0 Å². The number of rotatable bonds is 8. The maximum Gasteiger partial charge on any atom is 0.330 e. The average molecular weight is 246 g/mol. The normalized spacial score (nSPS) is 13.5. The summed E-state index contributed by atoms with van der Waals surface area (Å²) in [7, 11) is 1.46. The van der Waals surface area contributed by atoms with Gasteiger partial charge < -0.3 is 15.2 Å². The quantitative estimate of drug-likeness (QED) is 0.300. The predicted octanol–water partition coefficient (Wildman–Crippen LogP) is 0.907. The number of hydrogen-bond donors (Lipinski definition) is 1. The Kier molecular flexibility index (Phi) is 6.98. The maximum atomic E-state index is 12.3. The number of nitrogens with two attached hydrogens (primary N) is 1. The number of hydrogen-bond acceptors (Lipinski definition) is 3. The highest BCUT2D eigenvalue weighted by molar-refractivity contribution is 5.81. The summed E-state index contributed by atoms with van der Waals surface area (Å²) in [5.41, 5.74) is 5.26. The number of aliphatic imine (C=N–C) groups is 1. The van der Waals surface area contributed by atoms with Gasteiger partial charge in [0.2, 0.25) is 0 Å². The van der Waals surface area contributed by atoms with Gasteiger partial charge in [-0.15, -0.1) is 0 Å². The van der Waals surface area contributed by atoms with E-state index in [0.717, 1.165) is 0 Å². The third-order valence-electron chi connectivity index (χ3n) is 1.47. The van der Waals surface area contributed by atoms with Gasteiger partial charge in [-0.25, -0.2) is 8.78 Å². The largest absolute Gasteiger partial charge is 0.386 e. The molecule has 0 unspecified atom stereocenters. The van der Waals surface area contributed by atoms with Crippen LogP contribution in [-0.2, 0) is 9.47 Å². The van der Waals surface area contributed by atoms with Crippen LogP contribution in [0.15, 0.2) is 4.99 Å². The van der Waals surface area contributed by atoms with Gasteiger partial charge in [0.25, 0.3) is 0 Å². The number of amidine groups is 1. The Hall–Kier alpha value is -0.890. The summed E-state index contributed by atoms with van der Waals surface area (Å²) in [4.78, 5) is 3.69. The molecule has 0 bridgehead atoms. The lowest BCUT2D eigenvalue weighted by molar-refractivity contribution is -0.162. The molecule has 0 aliphatic heterocycles. The van der Waals surface area contributed by atoms with E-state index in [4.69, 9.17) is 5.73 Å². The van der Waals surface area contributed by atoms with Crippen LogP contribution in [-0.4, -0.2) is 51.7 Å². The van der Waals surface area contributed by atoms with Crippen molar-refractivity contribution >= 4 is 5.84 Å². The number of nitrogens with zero attached hydrogens (tertiary/aromatic N) is 1. The molecule has 0 saturated heterocycles. The number of ether oxygens (including phenoxy) is 2. The number of methoxy groups -OCH3 is 1. The fourth-order valence-corrected chi connectivity index (χ4v) is 0.681. The van der Waals surface area contributed by atoms with E-state index in [9.17, 15) is 17.6 Å². The molecule has 0 saturated carbocycles. The zero-order valence-corrected chi connectivity index (χ0v) is 8.76. The van der Waals surface area contributed by atoms with Gasteiger partial charge in [0.05, 0.1) is 13.2 Å². The van der Waals surface area contributed by atoms with Gasteiger partial charge in [0.1, 0.15) is 19.0 Å². The molecule has 0 aromatic carbocycles. The molecule has 0 aliphatic carbocycles. The van der Waals surface area contributed by atoms with E-state index in [1.165, 1.54) is 7.11 Å². The Labute approximate surface area is 90.4 Å². The third-order valence-corrected chi connectivity index (χ3v) is 1.47. The SMILES string of the molecule is COCCN=C(N)COCC(F)(F)C(F)F. The molecular formula is C8H14F4N2O2. The second kappa shape index (κ2) is 7.39. The second-order valence-electron chi connectivity index (χ2n) is 2.92. The standard InChI is InChI=1S/C8H14F4N2O2/c1-15-3-2-14-6(13)4-16-5-8(11,12)7(9)10/h7H,2-5H2,1H3,(H2,13,14). The van der Waals surface area contributed by atoms with Gasteiger partial charge in [-0.05, 0) is 0 Å². The average Bonchev–Trinajstić information content (AvgIpc) is 2.17. The molecule has 96 valence electrons. The fraction of sp³-hybridized carbons (Fsp3) is 0.875. The van der Waals surface area contributed by atoms with E-state index < -0.39 is 25.6 Å². The summed E-state index contributed by atoms with van der Waals surface area (Å²) in [6.45, 7) is -1.21. The summed E-state index contributed by atoms with van der Waals surface area (Å²) in [6.07, 6.45) is -3.75. The molecule has 16 heavy (non-hydrogen) atoms. The first-order chi connectivity index (χ1) is 7.40. The van der Waals surface area contributed by atoms with Gasteiger partial charge in [-0.3, -0.25) is 4.99 Å². The Morgan fingerprint density at radius 3 is 2.56 bits per heavy atom. The first-order valence-corrected chi connectivity index (χ1v) is 4.41. The van der Waals surface area contributed by atoms with Crippen LogP contribution >= 0.6 is 0 Å². The second-order valence-corrected chi connectivity index (χ2v) is 2.92. The highest BCUT2D eigenvalue weighted by Gasteiger charge is 2.40. The van der Waals surface area contributed by atoms with Gasteiger partial charge in [0, 0.05) is 7.11 Å². The number of alkyl halides is 4. The smallest absolute Gasteiger partial charge is 0.330 e. The van der Waals surface area contributed by atoms with Crippen LogP contribution in [0.25, 0.3) is 0 Å². The van der Waals surface area contributed by atoms with Crippen LogP contribution in [0.1, 0.15) is 0 Å². The summed E-state index contributed by atoms with van der Waals surface area (Å²) < 4.78 is 57.0. The van der Waals surface area contributed by atoms with Crippen molar-refractivity contribution in [1.29, 1.82) is 0 Å². The van der Waals surface area contributed by atoms with Crippen molar-refractivity contribution in [2.75, 3.05) is 33.5 Å². The van der Waals surface area contributed by atoms with Crippen LogP contribution < -0.4 is 5.73 Å². The molecule has 0 aliphatic rings. The van der Waals surface area contributed by atoms with Crippen molar-refractivity contribution in [3.63, 3.8) is 0 Å².